The van der Waals surface area contributed by atoms with Gasteiger partial charge in [-0.15, -0.1) is 0 Å². The van der Waals surface area contributed by atoms with E-state index in [1.165, 1.54) is 18.2 Å². The van der Waals surface area contributed by atoms with Gasteiger partial charge in [0.25, 0.3) is 0 Å². The Hall–Kier alpha value is -2.56. The van der Waals surface area contributed by atoms with Crippen molar-refractivity contribution >= 4 is 5.97 Å². The fourth-order valence-electron chi connectivity index (χ4n) is 1.76. The number of pyridine rings is 1. The number of benzene rings is 1. The van der Waals surface area contributed by atoms with E-state index in [1.54, 1.807) is 29.0 Å². The van der Waals surface area contributed by atoms with Crippen molar-refractivity contribution in [1.29, 1.82) is 0 Å². The van der Waals surface area contributed by atoms with Gasteiger partial charge in [0.1, 0.15) is 5.75 Å². The highest BCUT2D eigenvalue weighted by atomic mass is 16.5. The van der Waals surface area contributed by atoms with Crippen LogP contribution in [0.3, 0.4) is 0 Å². The van der Waals surface area contributed by atoms with Crippen molar-refractivity contribution in [1.82, 2.24) is 4.57 Å². The van der Waals surface area contributed by atoms with Gasteiger partial charge in [0.15, 0.2) is 0 Å². The minimum Gasteiger partial charge on any atom is -0.494 e. The van der Waals surface area contributed by atoms with Crippen LogP contribution in [0.15, 0.2) is 53.5 Å². The van der Waals surface area contributed by atoms with Crippen LogP contribution in [0, 0.1) is 0 Å². The number of aryl methyl sites for hydroxylation is 1. The highest BCUT2D eigenvalue weighted by Crippen LogP contribution is 2.12. The van der Waals surface area contributed by atoms with Gasteiger partial charge < -0.3 is 14.4 Å². The predicted molar refractivity (Wildman–Crippen MR) is 74.2 cm³/mol. The number of ether oxygens (including phenoxy) is 1. The van der Waals surface area contributed by atoms with Crippen molar-refractivity contribution in [3.8, 4) is 5.75 Å². The third kappa shape index (κ3) is 3.71. The van der Waals surface area contributed by atoms with Crippen molar-refractivity contribution in [3.63, 3.8) is 0 Å². The molecule has 0 fully saturated rings. The molecule has 0 saturated carbocycles. The maximum absolute atomic E-state index is 11.5. The van der Waals surface area contributed by atoms with Crippen LogP contribution in [0.2, 0.25) is 0 Å². The van der Waals surface area contributed by atoms with E-state index >= 15 is 0 Å². The molecule has 1 N–H and O–H groups in total. The molecule has 20 heavy (non-hydrogen) atoms. The Morgan fingerprint density at radius 1 is 1.15 bits per heavy atom. The van der Waals surface area contributed by atoms with Gasteiger partial charge in [-0.05, 0) is 36.8 Å². The van der Waals surface area contributed by atoms with Crippen LogP contribution in [0.4, 0.5) is 0 Å². The molecule has 2 aromatic rings. The molecule has 1 aromatic heterocycles. The Labute approximate surface area is 116 Å². The molecule has 5 nitrogen and oxygen atoms in total. The Balaban J connectivity index is 1.80. The van der Waals surface area contributed by atoms with E-state index < -0.39 is 5.97 Å². The lowest BCUT2D eigenvalue weighted by Gasteiger charge is -2.07. The number of aromatic carboxylic acids is 1. The first-order valence-electron chi connectivity index (χ1n) is 6.28. The lowest BCUT2D eigenvalue weighted by molar-refractivity contribution is 0.0697. The largest absolute Gasteiger partial charge is 0.494 e. The number of carbonyl (C=O) groups is 1. The van der Waals surface area contributed by atoms with Crippen LogP contribution < -0.4 is 10.3 Å². The summed E-state index contributed by atoms with van der Waals surface area (Å²) in [6, 6.07) is 11.3. The second kappa shape index (κ2) is 6.56. The van der Waals surface area contributed by atoms with Crippen molar-refractivity contribution in [2.75, 3.05) is 6.61 Å². The molecule has 0 atom stereocenters. The van der Waals surface area contributed by atoms with Crippen LogP contribution in [-0.4, -0.2) is 22.2 Å². The second-order valence-electron chi connectivity index (χ2n) is 4.26. The fraction of sp³-hybridized carbons (Fsp3) is 0.200. The number of carboxylic acids is 1. The molecule has 0 aliphatic carbocycles. The van der Waals surface area contributed by atoms with Crippen molar-refractivity contribution in [2.45, 2.75) is 13.0 Å². The summed E-state index contributed by atoms with van der Waals surface area (Å²) in [5.41, 5.74) is 0.200. The average molecular weight is 273 g/mol. The van der Waals surface area contributed by atoms with Gasteiger partial charge in [0.2, 0.25) is 5.56 Å². The van der Waals surface area contributed by atoms with Gasteiger partial charge in [0.05, 0.1) is 12.2 Å². The predicted octanol–water partition coefficient (Wildman–Crippen LogP) is 2.02. The summed E-state index contributed by atoms with van der Waals surface area (Å²) in [7, 11) is 0. The number of aromatic nitrogens is 1. The number of nitrogens with zero attached hydrogens (tertiary/aromatic N) is 1. The first kappa shape index (κ1) is 13.9. The number of rotatable bonds is 6. The van der Waals surface area contributed by atoms with Gasteiger partial charge in [0, 0.05) is 18.8 Å². The number of carboxylic acid groups (broad SMARTS) is 1. The monoisotopic (exact) mass is 273 g/mol. The molecule has 2 rings (SSSR count). The summed E-state index contributed by atoms with van der Waals surface area (Å²) in [5, 5.41) is 8.77. The molecule has 0 aliphatic rings. The molecule has 1 heterocycles. The molecular formula is C15H15NO4. The number of hydrogen-bond donors (Lipinski definition) is 1. The van der Waals surface area contributed by atoms with Crippen LogP contribution in [0.1, 0.15) is 16.8 Å². The molecule has 0 unspecified atom stereocenters. The smallest absolute Gasteiger partial charge is 0.335 e. The van der Waals surface area contributed by atoms with E-state index in [0.717, 1.165) is 0 Å². The van der Waals surface area contributed by atoms with E-state index in [4.69, 9.17) is 9.84 Å². The van der Waals surface area contributed by atoms with Gasteiger partial charge >= 0.3 is 5.97 Å². The fourth-order valence-corrected chi connectivity index (χ4v) is 1.76. The molecule has 0 saturated heterocycles. The van der Waals surface area contributed by atoms with Crippen molar-refractivity contribution < 1.29 is 14.6 Å². The molecule has 1 aromatic carbocycles. The lowest BCUT2D eigenvalue weighted by Crippen LogP contribution is -2.18. The second-order valence-corrected chi connectivity index (χ2v) is 4.26. The third-order valence-corrected chi connectivity index (χ3v) is 2.81. The molecule has 0 amide bonds. The summed E-state index contributed by atoms with van der Waals surface area (Å²) < 4.78 is 7.12. The Morgan fingerprint density at radius 3 is 2.55 bits per heavy atom. The topological polar surface area (TPSA) is 68.5 Å². The summed E-state index contributed by atoms with van der Waals surface area (Å²) in [6.45, 7) is 1.06. The molecule has 104 valence electrons. The molecule has 5 heteroatoms. The summed E-state index contributed by atoms with van der Waals surface area (Å²) in [6.07, 6.45) is 2.44. The summed E-state index contributed by atoms with van der Waals surface area (Å²) in [5.74, 6) is -0.338. The minimum atomic E-state index is -0.958. The van der Waals surface area contributed by atoms with Crippen molar-refractivity contribution in [2.24, 2.45) is 0 Å². The quantitative estimate of drug-likeness (QED) is 0.817. The maximum atomic E-state index is 11.5. The molecule has 0 radical (unpaired) electrons. The van der Waals surface area contributed by atoms with Crippen LogP contribution in [-0.2, 0) is 6.54 Å². The molecule has 0 bridgehead atoms. The summed E-state index contributed by atoms with van der Waals surface area (Å²) >= 11 is 0. The van der Waals surface area contributed by atoms with Gasteiger partial charge in [-0.3, -0.25) is 4.79 Å². The van der Waals surface area contributed by atoms with E-state index in [0.29, 0.717) is 25.3 Å². The standard InChI is InChI=1S/C15H15NO4/c17-14-4-1-2-9-16(14)10-3-11-20-13-7-5-12(6-8-13)15(18)19/h1-2,4-9H,3,10-11H2,(H,18,19). The van der Waals surface area contributed by atoms with Crippen LogP contribution in [0.5, 0.6) is 5.75 Å². The van der Waals surface area contributed by atoms with E-state index in [1.807, 2.05) is 6.07 Å². The lowest BCUT2D eigenvalue weighted by atomic mass is 10.2. The zero-order valence-corrected chi connectivity index (χ0v) is 10.9. The minimum absolute atomic E-state index is 0.0293. The highest BCUT2D eigenvalue weighted by molar-refractivity contribution is 5.87. The van der Waals surface area contributed by atoms with Crippen LogP contribution in [0.25, 0.3) is 0 Å². The van der Waals surface area contributed by atoms with E-state index in [-0.39, 0.29) is 11.1 Å². The Kier molecular flexibility index (Phi) is 4.55. The third-order valence-electron chi connectivity index (χ3n) is 2.81. The van der Waals surface area contributed by atoms with Crippen molar-refractivity contribution in [3.05, 3.63) is 64.6 Å². The maximum Gasteiger partial charge on any atom is 0.335 e. The molecule has 0 spiro atoms. The van der Waals surface area contributed by atoms with Crippen LogP contribution >= 0.6 is 0 Å². The normalized spacial score (nSPS) is 10.2. The molecular weight excluding hydrogens is 258 g/mol. The molecule has 0 aliphatic heterocycles. The number of hydrogen-bond acceptors (Lipinski definition) is 3. The first-order valence-corrected chi connectivity index (χ1v) is 6.28. The Morgan fingerprint density at radius 2 is 1.90 bits per heavy atom. The summed E-state index contributed by atoms with van der Waals surface area (Å²) in [4.78, 5) is 22.1. The SMILES string of the molecule is O=C(O)c1ccc(OCCCn2ccccc2=O)cc1. The van der Waals surface area contributed by atoms with E-state index in [9.17, 15) is 9.59 Å². The van der Waals surface area contributed by atoms with Gasteiger partial charge in [-0.2, -0.15) is 0 Å². The highest BCUT2D eigenvalue weighted by Gasteiger charge is 2.02. The first-order chi connectivity index (χ1) is 9.66. The van der Waals surface area contributed by atoms with E-state index in [2.05, 4.69) is 0 Å². The van der Waals surface area contributed by atoms with Gasteiger partial charge in [-0.1, -0.05) is 6.07 Å². The van der Waals surface area contributed by atoms with Gasteiger partial charge in [-0.25, -0.2) is 4.79 Å². The average Bonchev–Trinajstić information content (AvgIpc) is 2.46. The zero-order valence-electron chi connectivity index (χ0n) is 10.9. The zero-order chi connectivity index (χ0) is 14.4. The Bertz CT molecular complexity index is 631.